The zero-order chi connectivity index (χ0) is 27.4. The number of phenols is 1. The number of aliphatic hydroxyl groups is 1. The Morgan fingerprint density at radius 2 is 1.34 bits per heavy atom. The lowest BCUT2D eigenvalue weighted by Crippen LogP contribution is -2.56. The van der Waals surface area contributed by atoms with Crippen molar-refractivity contribution < 1.29 is 34.1 Å². The van der Waals surface area contributed by atoms with Crippen molar-refractivity contribution in [2.75, 3.05) is 24.9 Å². The highest BCUT2D eigenvalue weighted by molar-refractivity contribution is 6.11. The van der Waals surface area contributed by atoms with Crippen LogP contribution in [0, 0.1) is 11.8 Å². The van der Waals surface area contributed by atoms with E-state index in [9.17, 15) is 24.6 Å². The molecule has 38 heavy (non-hydrogen) atoms. The maximum absolute atomic E-state index is 13.8. The minimum Gasteiger partial charge on any atom is -0.508 e. The number of phenolic OH excluding ortho intramolecular Hbond substituents is 1. The molecule has 0 aliphatic heterocycles. The third kappa shape index (κ3) is 5.33. The number of carbonyl (C=O) groups is 3. The molecule has 3 aromatic carbocycles. The van der Waals surface area contributed by atoms with Gasteiger partial charge in [0.05, 0.1) is 37.1 Å². The van der Waals surface area contributed by atoms with Crippen molar-refractivity contribution in [1.82, 2.24) is 0 Å². The predicted molar refractivity (Wildman–Crippen MR) is 141 cm³/mol. The summed E-state index contributed by atoms with van der Waals surface area (Å²) in [5, 5.41) is 26.8. The molecule has 0 unspecified atom stereocenters. The fourth-order valence-corrected chi connectivity index (χ4v) is 5.11. The van der Waals surface area contributed by atoms with Crippen LogP contribution in [0.2, 0.25) is 0 Å². The standard InChI is InChI=1S/C29H30N2O7/c1-29(36)16-21(33)25(27(34)30-19-8-4-6-10-22(19)37-2)24(17-12-14-18(32)15-13-17)26(29)28(35)31-20-9-5-7-11-23(20)38-3/h4-15,24-26,32,36H,16H2,1-3H3,(H,30,34)(H,31,35)/t24-,25+,26-,29-/m0/s1. The minimum atomic E-state index is -1.77. The Balaban J connectivity index is 1.78. The molecule has 4 atom stereocenters. The summed E-state index contributed by atoms with van der Waals surface area (Å²) >= 11 is 0. The van der Waals surface area contributed by atoms with Gasteiger partial charge in [-0.1, -0.05) is 36.4 Å². The summed E-state index contributed by atoms with van der Waals surface area (Å²) in [5.74, 6) is -4.49. The highest BCUT2D eigenvalue weighted by atomic mass is 16.5. The molecule has 1 aliphatic carbocycles. The minimum absolute atomic E-state index is 0.0207. The lowest BCUT2D eigenvalue weighted by molar-refractivity contribution is -0.150. The first-order valence-corrected chi connectivity index (χ1v) is 12.1. The first-order valence-electron chi connectivity index (χ1n) is 12.1. The van der Waals surface area contributed by atoms with Crippen molar-refractivity contribution in [3.63, 3.8) is 0 Å². The number of nitrogens with one attached hydrogen (secondary N) is 2. The van der Waals surface area contributed by atoms with Crippen molar-refractivity contribution in [2.24, 2.45) is 11.8 Å². The molecule has 198 valence electrons. The van der Waals surface area contributed by atoms with E-state index in [4.69, 9.17) is 9.47 Å². The average Bonchev–Trinajstić information content (AvgIpc) is 2.88. The number of hydrogen-bond acceptors (Lipinski definition) is 7. The summed E-state index contributed by atoms with van der Waals surface area (Å²) in [7, 11) is 2.93. The molecule has 0 bridgehead atoms. The molecular weight excluding hydrogens is 488 g/mol. The topological polar surface area (TPSA) is 134 Å². The van der Waals surface area contributed by atoms with Crippen LogP contribution in [0.5, 0.6) is 17.2 Å². The molecule has 3 aromatic rings. The third-order valence-corrected chi connectivity index (χ3v) is 6.84. The number of carbonyl (C=O) groups excluding carboxylic acids is 3. The van der Waals surface area contributed by atoms with Gasteiger partial charge in [-0.2, -0.15) is 0 Å². The number of para-hydroxylation sites is 4. The molecule has 1 aliphatic rings. The quantitative estimate of drug-likeness (QED) is 0.350. The lowest BCUT2D eigenvalue weighted by atomic mass is 9.61. The maximum atomic E-state index is 13.8. The molecule has 0 heterocycles. The molecule has 4 rings (SSSR count). The van der Waals surface area contributed by atoms with E-state index in [0.717, 1.165) is 0 Å². The number of Topliss-reactive ketones (excluding diaryl/α,β-unsaturated/α-hetero) is 1. The van der Waals surface area contributed by atoms with Crippen molar-refractivity contribution in [3.8, 4) is 17.2 Å². The van der Waals surface area contributed by atoms with Crippen LogP contribution in [0.25, 0.3) is 0 Å². The second-order valence-corrected chi connectivity index (χ2v) is 9.45. The van der Waals surface area contributed by atoms with E-state index in [-0.39, 0.29) is 5.75 Å². The zero-order valence-corrected chi connectivity index (χ0v) is 21.3. The zero-order valence-electron chi connectivity index (χ0n) is 21.3. The molecule has 1 fully saturated rings. The number of ketones is 1. The molecule has 0 spiro atoms. The van der Waals surface area contributed by atoms with Gasteiger partial charge in [-0.25, -0.2) is 0 Å². The Bertz CT molecular complexity index is 1340. The molecule has 0 saturated heterocycles. The van der Waals surface area contributed by atoms with E-state index in [0.29, 0.717) is 28.4 Å². The van der Waals surface area contributed by atoms with Gasteiger partial charge >= 0.3 is 0 Å². The highest BCUT2D eigenvalue weighted by Gasteiger charge is 2.56. The van der Waals surface area contributed by atoms with Gasteiger partial charge in [0.25, 0.3) is 0 Å². The fourth-order valence-electron chi connectivity index (χ4n) is 5.11. The van der Waals surface area contributed by atoms with E-state index in [1.807, 2.05) is 0 Å². The number of amides is 2. The number of anilines is 2. The third-order valence-electron chi connectivity index (χ3n) is 6.84. The molecule has 2 amide bonds. The van der Waals surface area contributed by atoms with Crippen LogP contribution in [0.1, 0.15) is 24.8 Å². The number of methoxy groups -OCH3 is 2. The first kappa shape index (κ1) is 26.7. The summed E-state index contributed by atoms with van der Waals surface area (Å²) in [6.45, 7) is 1.42. The number of hydrogen-bond donors (Lipinski definition) is 4. The maximum Gasteiger partial charge on any atom is 0.235 e. The summed E-state index contributed by atoms with van der Waals surface area (Å²) in [6, 6.07) is 19.5. The Kier molecular flexibility index (Phi) is 7.68. The van der Waals surface area contributed by atoms with Crippen LogP contribution in [0.15, 0.2) is 72.8 Å². The smallest absolute Gasteiger partial charge is 0.235 e. The summed E-state index contributed by atoms with van der Waals surface area (Å²) in [6.07, 6.45) is -0.407. The molecule has 0 aromatic heterocycles. The summed E-state index contributed by atoms with van der Waals surface area (Å²) in [4.78, 5) is 40.9. The lowest BCUT2D eigenvalue weighted by Gasteiger charge is -2.44. The van der Waals surface area contributed by atoms with Crippen molar-refractivity contribution in [3.05, 3.63) is 78.4 Å². The molecule has 4 N–H and O–H groups in total. The monoisotopic (exact) mass is 518 g/mol. The van der Waals surface area contributed by atoms with Gasteiger partial charge in [0.1, 0.15) is 28.9 Å². The largest absolute Gasteiger partial charge is 0.508 e. The Morgan fingerprint density at radius 1 is 0.842 bits per heavy atom. The highest BCUT2D eigenvalue weighted by Crippen LogP contribution is 2.47. The fraction of sp³-hybridized carbons (Fsp3) is 0.276. The predicted octanol–water partition coefficient (Wildman–Crippen LogP) is 3.73. The Hall–Kier alpha value is -4.37. The number of aromatic hydroxyl groups is 1. The van der Waals surface area contributed by atoms with Crippen molar-refractivity contribution in [1.29, 1.82) is 0 Å². The van der Waals surface area contributed by atoms with Crippen LogP contribution in [0.4, 0.5) is 11.4 Å². The van der Waals surface area contributed by atoms with Crippen LogP contribution >= 0.6 is 0 Å². The van der Waals surface area contributed by atoms with E-state index < -0.39 is 47.4 Å². The van der Waals surface area contributed by atoms with Crippen LogP contribution < -0.4 is 20.1 Å². The molecule has 9 heteroatoms. The van der Waals surface area contributed by atoms with Gasteiger partial charge in [0.15, 0.2) is 0 Å². The Morgan fingerprint density at radius 3 is 1.87 bits per heavy atom. The average molecular weight is 519 g/mol. The van der Waals surface area contributed by atoms with Gasteiger partial charge in [-0.05, 0) is 48.9 Å². The van der Waals surface area contributed by atoms with E-state index in [2.05, 4.69) is 10.6 Å². The van der Waals surface area contributed by atoms with Crippen LogP contribution in [0.3, 0.4) is 0 Å². The van der Waals surface area contributed by atoms with Crippen molar-refractivity contribution >= 4 is 29.0 Å². The molecular formula is C29H30N2O7. The Labute approximate surface area is 220 Å². The van der Waals surface area contributed by atoms with Crippen LogP contribution in [-0.4, -0.2) is 47.6 Å². The van der Waals surface area contributed by atoms with E-state index in [1.165, 1.54) is 33.3 Å². The van der Waals surface area contributed by atoms with Gasteiger partial charge in [-0.3, -0.25) is 14.4 Å². The van der Waals surface area contributed by atoms with Crippen LogP contribution in [-0.2, 0) is 14.4 Å². The summed E-state index contributed by atoms with van der Waals surface area (Å²) in [5.41, 5.74) is -0.583. The van der Waals surface area contributed by atoms with E-state index >= 15 is 0 Å². The number of rotatable bonds is 7. The van der Waals surface area contributed by atoms with Gasteiger partial charge in [0, 0.05) is 12.3 Å². The van der Waals surface area contributed by atoms with E-state index in [1.54, 1.807) is 60.7 Å². The second-order valence-electron chi connectivity index (χ2n) is 9.45. The second kappa shape index (κ2) is 10.9. The molecule has 0 radical (unpaired) electrons. The first-order chi connectivity index (χ1) is 18.2. The normalized spacial score (nSPS) is 22.8. The van der Waals surface area contributed by atoms with Crippen molar-refractivity contribution in [2.45, 2.75) is 24.9 Å². The summed E-state index contributed by atoms with van der Waals surface area (Å²) < 4.78 is 10.7. The van der Waals surface area contributed by atoms with Gasteiger partial charge in [-0.15, -0.1) is 0 Å². The van der Waals surface area contributed by atoms with Gasteiger partial charge < -0.3 is 30.3 Å². The molecule has 9 nitrogen and oxygen atoms in total. The van der Waals surface area contributed by atoms with Gasteiger partial charge in [0.2, 0.25) is 11.8 Å². The SMILES string of the molecule is COc1ccccc1NC(=O)[C@@H]1C(=O)C[C@](C)(O)[C@H](C(=O)Nc2ccccc2OC)[C@H]1c1ccc(O)cc1. The number of ether oxygens (including phenoxy) is 2. The number of benzene rings is 3. The molecule has 1 saturated carbocycles.